The largest absolute Gasteiger partial charge is 0.379 e. The van der Waals surface area contributed by atoms with Crippen LogP contribution in [0.2, 0.25) is 0 Å². The minimum Gasteiger partial charge on any atom is -0.379 e. The Bertz CT molecular complexity index is 365. The average molecular weight is 310 g/mol. The normalized spacial score (nSPS) is 31.0. The molecule has 3 saturated heterocycles. The highest BCUT2D eigenvalue weighted by Crippen LogP contribution is 2.18. The van der Waals surface area contributed by atoms with Gasteiger partial charge in [0, 0.05) is 45.4 Å². The third kappa shape index (κ3) is 4.12. The molecule has 0 aromatic rings. The molecule has 22 heavy (non-hydrogen) atoms. The summed E-state index contributed by atoms with van der Waals surface area (Å²) >= 11 is 0. The van der Waals surface area contributed by atoms with Gasteiger partial charge in [0.15, 0.2) is 5.96 Å². The van der Waals surface area contributed by atoms with Gasteiger partial charge in [-0.1, -0.05) is 0 Å². The van der Waals surface area contributed by atoms with Gasteiger partial charge in [-0.25, -0.2) is 0 Å². The molecular weight excluding hydrogens is 280 g/mol. The van der Waals surface area contributed by atoms with Crippen molar-refractivity contribution in [1.29, 1.82) is 0 Å². The van der Waals surface area contributed by atoms with Crippen molar-refractivity contribution in [3.8, 4) is 0 Å². The summed E-state index contributed by atoms with van der Waals surface area (Å²) in [5.74, 6) is 1.06. The van der Waals surface area contributed by atoms with Crippen LogP contribution in [0.15, 0.2) is 4.99 Å². The van der Waals surface area contributed by atoms with Gasteiger partial charge in [0.05, 0.1) is 25.9 Å². The molecule has 0 aromatic heterocycles. The third-order valence-corrected chi connectivity index (χ3v) is 4.83. The fourth-order valence-electron chi connectivity index (χ4n) is 3.58. The Morgan fingerprint density at radius 2 is 2.05 bits per heavy atom. The number of likely N-dealkylation sites (tertiary alicyclic amines) is 1. The number of guanidine groups is 1. The van der Waals surface area contributed by atoms with Crippen LogP contribution in [-0.2, 0) is 9.47 Å². The molecule has 3 aliphatic heterocycles. The second kappa shape index (κ2) is 8.13. The van der Waals surface area contributed by atoms with E-state index >= 15 is 0 Å². The van der Waals surface area contributed by atoms with Gasteiger partial charge in [0.25, 0.3) is 0 Å². The molecule has 3 heterocycles. The van der Waals surface area contributed by atoms with Crippen molar-refractivity contribution in [3.05, 3.63) is 0 Å². The maximum atomic E-state index is 5.68. The molecule has 126 valence electrons. The molecule has 1 N–H and O–H groups in total. The highest BCUT2D eigenvalue weighted by atomic mass is 16.5. The SMILES string of the molecule is CCNC(=NCC1CCCO1)N1CCC(N2CCOCC2)C1. The topological polar surface area (TPSA) is 49.3 Å². The highest BCUT2D eigenvalue weighted by molar-refractivity contribution is 5.80. The monoisotopic (exact) mass is 310 g/mol. The summed E-state index contributed by atoms with van der Waals surface area (Å²) < 4.78 is 11.1. The van der Waals surface area contributed by atoms with Crippen LogP contribution in [0.3, 0.4) is 0 Å². The standard InChI is InChI=1S/C16H30N4O2/c1-2-17-16(18-12-15-4-3-9-22-15)20-6-5-14(13-20)19-7-10-21-11-8-19/h14-15H,2-13H2,1H3,(H,17,18). The summed E-state index contributed by atoms with van der Waals surface area (Å²) in [4.78, 5) is 9.81. The van der Waals surface area contributed by atoms with Crippen molar-refractivity contribution in [2.45, 2.75) is 38.3 Å². The van der Waals surface area contributed by atoms with Crippen molar-refractivity contribution in [2.24, 2.45) is 4.99 Å². The van der Waals surface area contributed by atoms with E-state index in [-0.39, 0.29) is 0 Å². The molecule has 0 spiro atoms. The molecule has 3 aliphatic rings. The van der Waals surface area contributed by atoms with E-state index in [9.17, 15) is 0 Å². The second-order valence-corrected chi connectivity index (χ2v) is 6.37. The maximum Gasteiger partial charge on any atom is 0.194 e. The van der Waals surface area contributed by atoms with Gasteiger partial charge >= 0.3 is 0 Å². The minimum absolute atomic E-state index is 0.325. The summed E-state index contributed by atoms with van der Waals surface area (Å²) in [5.41, 5.74) is 0. The number of morpholine rings is 1. The molecule has 0 bridgehead atoms. The Labute approximate surface area is 133 Å². The molecule has 0 amide bonds. The summed E-state index contributed by atoms with van der Waals surface area (Å²) in [6, 6.07) is 0.649. The van der Waals surface area contributed by atoms with Crippen LogP contribution in [0.1, 0.15) is 26.2 Å². The van der Waals surface area contributed by atoms with Gasteiger partial charge in [-0.05, 0) is 26.2 Å². The lowest BCUT2D eigenvalue weighted by Gasteiger charge is -2.32. The number of rotatable bonds is 4. The lowest BCUT2D eigenvalue weighted by atomic mass is 10.2. The van der Waals surface area contributed by atoms with Crippen LogP contribution >= 0.6 is 0 Å². The minimum atomic E-state index is 0.325. The molecule has 3 rings (SSSR count). The van der Waals surface area contributed by atoms with Crippen molar-refractivity contribution in [1.82, 2.24) is 15.1 Å². The molecule has 0 radical (unpaired) electrons. The Kier molecular flexibility index (Phi) is 5.92. The van der Waals surface area contributed by atoms with Crippen LogP contribution in [0.5, 0.6) is 0 Å². The number of hydrogen-bond acceptors (Lipinski definition) is 4. The summed E-state index contributed by atoms with van der Waals surface area (Å²) in [5, 5.41) is 3.45. The quantitative estimate of drug-likeness (QED) is 0.607. The summed E-state index contributed by atoms with van der Waals surface area (Å²) in [6.07, 6.45) is 3.88. The number of nitrogens with zero attached hydrogens (tertiary/aromatic N) is 3. The first kappa shape index (κ1) is 16.0. The molecule has 0 aromatic carbocycles. The lowest BCUT2D eigenvalue weighted by Crippen LogP contribution is -2.46. The number of hydrogen-bond donors (Lipinski definition) is 1. The fourth-order valence-corrected chi connectivity index (χ4v) is 3.58. The first-order chi connectivity index (χ1) is 10.9. The predicted octanol–water partition coefficient (Wildman–Crippen LogP) is 0.537. The van der Waals surface area contributed by atoms with Gasteiger partial charge in [0.2, 0.25) is 0 Å². The van der Waals surface area contributed by atoms with Crippen molar-refractivity contribution < 1.29 is 9.47 Å². The first-order valence-electron chi connectivity index (χ1n) is 8.83. The van der Waals surface area contributed by atoms with Gasteiger partial charge in [-0.3, -0.25) is 9.89 Å². The molecule has 0 aliphatic carbocycles. The Morgan fingerprint density at radius 3 is 2.77 bits per heavy atom. The molecule has 3 fully saturated rings. The highest BCUT2D eigenvalue weighted by Gasteiger charge is 2.30. The van der Waals surface area contributed by atoms with E-state index in [2.05, 4.69) is 22.0 Å². The van der Waals surface area contributed by atoms with E-state index in [0.717, 1.165) is 71.5 Å². The first-order valence-corrected chi connectivity index (χ1v) is 8.83. The molecule has 6 heteroatoms. The third-order valence-electron chi connectivity index (χ3n) is 4.83. The maximum absolute atomic E-state index is 5.68. The van der Waals surface area contributed by atoms with E-state index in [1.165, 1.54) is 12.8 Å². The van der Waals surface area contributed by atoms with Crippen LogP contribution in [0.4, 0.5) is 0 Å². The van der Waals surface area contributed by atoms with Crippen LogP contribution in [0.25, 0.3) is 0 Å². The van der Waals surface area contributed by atoms with Crippen LogP contribution < -0.4 is 5.32 Å². The predicted molar refractivity (Wildman–Crippen MR) is 87.3 cm³/mol. The second-order valence-electron chi connectivity index (χ2n) is 6.37. The van der Waals surface area contributed by atoms with Crippen molar-refractivity contribution >= 4 is 5.96 Å². The zero-order valence-electron chi connectivity index (χ0n) is 13.8. The number of nitrogens with one attached hydrogen (secondary N) is 1. The van der Waals surface area contributed by atoms with Crippen molar-refractivity contribution in [3.63, 3.8) is 0 Å². The zero-order chi connectivity index (χ0) is 15.2. The smallest absolute Gasteiger partial charge is 0.194 e. The van der Waals surface area contributed by atoms with E-state index in [4.69, 9.17) is 14.5 Å². The average Bonchev–Trinajstić information content (AvgIpc) is 3.24. The Morgan fingerprint density at radius 1 is 1.18 bits per heavy atom. The Hall–Kier alpha value is -0.850. The molecular formula is C16H30N4O2. The van der Waals surface area contributed by atoms with Gasteiger partial charge < -0.3 is 19.7 Å². The van der Waals surface area contributed by atoms with E-state index in [0.29, 0.717) is 12.1 Å². The fraction of sp³-hybridized carbons (Fsp3) is 0.938. The van der Waals surface area contributed by atoms with Crippen LogP contribution in [0, 0.1) is 0 Å². The van der Waals surface area contributed by atoms with Gasteiger partial charge in [0.1, 0.15) is 0 Å². The number of ether oxygens (including phenoxy) is 2. The lowest BCUT2D eigenvalue weighted by molar-refractivity contribution is 0.0194. The molecule has 0 saturated carbocycles. The van der Waals surface area contributed by atoms with E-state index < -0.39 is 0 Å². The molecule has 2 atom stereocenters. The summed E-state index contributed by atoms with van der Waals surface area (Å²) in [6.45, 7) is 10.8. The van der Waals surface area contributed by atoms with Crippen molar-refractivity contribution in [2.75, 3.05) is 59.1 Å². The molecule has 6 nitrogen and oxygen atoms in total. The van der Waals surface area contributed by atoms with Crippen LogP contribution in [-0.4, -0.2) is 87.0 Å². The number of aliphatic imine (C=N–C) groups is 1. The summed E-state index contributed by atoms with van der Waals surface area (Å²) in [7, 11) is 0. The van der Waals surface area contributed by atoms with E-state index in [1.807, 2.05) is 0 Å². The van der Waals surface area contributed by atoms with E-state index in [1.54, 1.807) is 0 Å². The zero-order valence-corrected chi connectivity index (χ0v) is 13.8. The molecule has 2 unspecified atom stereocenters. The Balaban J connectivity index is 1.53. The van der Waals surface area contributed by atoms with Gasteiger partial charge in [-0.15, -0.1) is 0 Å². The van der Waals surface area contributed by atoms with Gasteiger partial charge in [-0.2, -0.15) is 0 Å².